The molecule has 0 aromatic heterocycles. The molecule has 3 heteroatoms. The first-order valence-corrected chi connectivity index (χ1v) is 5.60. The van der Waals surface area contributed by atoms with Crippen molar-refractivity contribution in [1.29, 1.82) is 0 Å². The molecule has 0 amide bonds. The van der Waals surface area contributed by atoms with Gasteiger partial charge in [-0.1, -0.05) is 22.0 Å². The van der Waals surface area contributed by atoms with Crippen LogP contribution in [0.1, 0.15) is 24.4 Å². The zero-order chi connectivity index (χ0) is 10.1. The Hall–Kier alpha value is -0.540. The molecule has 2 N–H and O–H groups in total. The normalized spacial score (nSPS) is 17.9. The third-order valence-corrected chi connectivity index (χ3v) is 3.18. The first-order chi connectivity index (χ1) is 6.72. The van der Waals surface area contributed by atoms with Gasteiger partial charge >= 0.3 is 0 Å². The molecule has 1 aromatic rings. The van der Waals surface area contributed by atoms with Gasteiger partial charge in [0.1, 0.15) is 5.75 Å². The van der Waals surface area contributed by atoms with E-state index in [2.05, 4.69) is 15.9 Å². The van der Waals surface area contributed by atoms with Crippen molar-refractivity contribution in [3.05, 3.63) is 28.2 Å². The minimum atomic E-state index is 0.137. The number of hydrogen-bond donors (Lipinski definition) is 1. The van der Waals surface area contributed by atoms with Crippen molar-refractivity contribution in [2.45, 2.75) is 18.9 Å². The topological polar surface area (TPSA) is 35.2 Å². The molecular formula is C11H14BrNO. The molecule has 1 unspecified atom stereocenters. The highest BCUT2D eigenvalue weighted by Gasteiger charge is 2.31. The fourth-order valence-electron chi connectivity index (χ4n) is 1.67. The Morgan fingerprint density at radius 3 is 2.79 bits per heavy atom. The molecule has 1 saturated carbocycles. The average Bonchev–Trinajstić information content (AvgIpc) is 3.00. The molecule has 2 rings (SSSR count). The lowest BCUT2D eigenvalue weighted by Gasteiger charge is -2.15. The lowest BCUT2D eigenvalue weighted by atomic mass is 10.0. The van der Waals surface area contributed by atoms with Gasteiger partial charge in [0.05, 0.1) is 7.11 Å². The molecule has 1 aliphatic carbocycles. The van der Waals surface area contributed by atoms with Crippen molar-refractivity contribution in [3.63, 3.8) is 0 Å². The van der Waals surface area contributed by atoms with E-state index in [-0.39, 0.29) is 6.04 Å². The zero-order valence-corrected chi connectivity index (χ0v) is 9.75. The largest absolute Gasteiger partial charge is 0.496 e. The quantitative estimate of drug-likeness (QED) is 0.902. The summed E-state index contributed by atoms with van der Waals surface area (Å²) in [6.45, 7) is 0. The third kappa shape index (κ3) is 1.93. The Labute approximate surface area is 92.6 Å². The molecule has 0 saturated heterocycles. The fourth-order valence-corrected chi connectivity index (χ4v) is 2.01. The molecule has 1 aliphatic rings. The van der Waals surface area contributed by atoms with Crippen molar-refractivity contribution in [2.75, 3.05) is 7.11 Å². The van der Waals surface area contributed by atoms with E-state index in [0.29, 0.717) is 5.92 Å². The summed E-state index contributed by atoms with van der Waals surface area (Å²) in [6.07, 6.45) is 2.50. The molecule has 0 bridgehead atoms. The number of ether oxygens (including phenoxy) is 1. The number of benzene rings is 1. The predicted molar refractivity (Wildman–Crippen MR) is 60.3 cm³/mol. The van der Waals surface area contributed by atoms with Crippen LogP contribution in [-0.4, -0.2) is 7.11 Å². The van der Waals surface area contributed by atoms with Gasteiger partial charge in [-0.05, 0) is 30.9 Å². The highest BCUT2D eigenvalue weighted by atomic mass is 79.9. The summed E-state index contributed by atoms with van der Waals surface area (Å²) in [5.41, 5.74) is 7.25. The maximum atomic E-state index is 6.13. The summed E-state index contributed by atoms with van der Waals surface area (Å²) in [7, 11) is 1.69. The van der Waals surface area contributed by atoms with E-state index < -0.39 is 0 Å². The Bertz CT molecular complexity index is 336. The van der Waals surface area contributed by atoms with E-state index >= 15 is 0 Å². The molecular weight excluding hydrogens is 242 g/mol. The Kier molecular flexibility index (Phi) is 2.79. The van der Waals surface area contributed by atoms with Gasteiger partial charge in [0.15, 0.2) is 0 Å². The van der Waals surface area contributed by atoms with Gasteiger partial charge in [-0.3, -0.25) is 0 Å². The summed E-state index contributed by atoms with van der Waals surface area (Å²) >= 11 is 3.42. The molecule has 1 atom stereocenters. The number of rotatable bonds is 3. The molecule has 0 radical (unpaired) electrons. The maximum Gasteiger partial charge on any atom is 0.124 e. The van der Waals surface area contributed by atoms with Crippen molar-refractivity contribution in [1.82, 2.24) is 0 Å². The Morgan fingerprint density at radius 1 is 1.50 bits per heavy atom. The number of nitrogens with two attached hydrogens (primary N) is 1. The van der Waals surface area contributed by atoms with Crippen LogP contribution < -0.4 is 10.5 Å². The highest BCUT2D eigenvalue weighted by molar-refractivity contribution is 9.10. The highest BCUT2D eigenvalue weighted by Crippen LogP contribution is 2.42. The van der Waals surface area contributed by atoms with Crippen LogP contribution in [0.4, 0.5) is 0 Å². The lowest BCUT2D eigenvalue weighted by Crippen LogP contribution is -2.13. The van der Waals surface area contributed by atoms with Gasteiger partial charge in [-0.15, -0.1) is 0 Å². The van der Waals surface area contributed by atoms with Crippen LogP contribution in [0.15, 0.2) is 22.7 Å². The molecule has 76 valence electrons. The molecule has 0 aliphatic heterocycles. The molecule has 2 nitrogen and oxygen atoms in total. The van der Waals surface area contributed by atoms with Crippen molar-refractivity contribution >= 4 is 15.9 Å². The van der Waals surface area contributed by atoms with E-state index in [4.69, 9.17) is 10.5 Å². The number of methoxy groups -OCH3 is 1. The molecule has 1 fully saturated rings. The first-order valence-electron chi connectivity index (χ1n) is 4.81. The van der Waals surface area contributed by atoms with E-state index in [1.807, 2.05) is 18.2 Å². The second kappa shape index (κ2) is 3.91. The second-order valence-corrected chi connectivity index (χ2v) is 4.67. The Morgan fingerprint density at radius 2 is 2.21 bits per heavy atom. The van der Waals surface area contributed by atoms with Crippen LogP contribution in [0, 0.1) is 5.92 Å². The van der Waals surface area contributed by atoms with Crippen molar-refractivity contribution in [3.8, 4) is 5.75 Å². The summed E-state index contributed by atoms with van der Waals surface area (Å²) in [5, 5.41) is 0. The van der Waals surface area contributed by atoms with Gasteiger partial charge < -0.3 is 10.5 Å². The first kappa shape index (κ1) is 9.99. The van der Waals surface area contributed by atoms with Crippen LogP contribution in [0.2, 0.25) is 0 Å². The van der Waals surface area contributed by atoms with Gasteiger partial charge in [0, 0.05) is 16.1 Å². The monoisotopic (exact) mass is 255 g/mol. The third-order valence-electron chi connectivity index (χ3n) is 2.68. The van der Waals surface area contributed by atoms with Gasteiger partial charge in [0.25, 0.3) is 0 Å². The van der Waals surface area contributed by atoms with Gasteiger partial charge in [-0.25, -0.2) is 0 Å². The van der Waals surface area contributed by atoms with E-state index in [9.17, 15) is 0 Å². The molecule has 14 heavy (non-hydrogen) atoms. The predicted octanol–water partition coefficient (Wildman–Crippen LogP) is 2.87. The van der Waals surface area contributed by atoms with Gasteiger partial charge in [-0.2, -0.15) is 0 Å². The second-order valence-electron chi connectivity index (χ2n) is 3.75. The van der Waals surface area contributed by atoms with Crippen LogP contribution in [0.5, 0.6) is 5.75 Å². The smallest absolute Gasteiger partial charge is 0.124 e. The minimum absolute atomic E-state index is 0.137. The summed E-state index contributed by atoms with van der Waals surface area (Å²) in [5.74, 6) is 1.55. The minimum Gasteiger partial charge on any atom is -0.496 e. The number of hydrogen-bond acceptors (Lipinski definition) is 2. The summed E-state index contributed by atoms with van der Waals surface area (Å²) in [4.78, 5) is 0. The average molecular weight is 256 g/mol. The number of halogens is 1. The van der Waals surface area contributed by atoms with Crippen LogP contribution in [-0.2, 0) is 0 Å². The fraction of sp³-hybridized carbons (Fsp3) is 0.455. The standard InChI is InChI=1S/C11H14BrNO/c1-14-10-6-8(12)4-5-9(10)11(13)7-2-3-7/h4-7,11H,2-3,13H2,1H3. The van der Waals surface area contributed by atoms with E-state index in [1.165, 1.54) is 12.8 Å². The van der Waals surface area contributed by atoms with Crippen molar-refractivity contribution < 1.29 is 4.74 Å². The molecule has 0 heterocycles. The van der Waals surface area contributed by atoms with E-state index in [1.54, 1.807) is 7.11 Å². The van der Waals surface area contributed by atoms with Gasteiger partial charge in [0.2, 0.25) is 0 Å². The molecule has 1 aromatic carbocycles. The van der Waals surface area contributed by atoms with Crippen molar-refractivity contribution in [2.24, 2.45) is 11.7 Å². The summed E-state index contributed by atoms with van der Waals surface area (Å²) in [6, 6.07) is 6.17. The SMILES string of the molecule is COc1cc(Br)ccc1C(N)C1CC1. The van der Waals surface area contributed by atoms with Crippen LogP contribution >= 0.6 is 15.9 Å². The van der Waals surface area contributed by atoms with E-state index in [0.717, 1.165) is 15.8 Å². The van der Waals surface area contributed by atoms with Crippen LogP contribution in [0.3, 0.4) is 0 Å². The maximum absolute atomic E-state index is 6.13. The Balaban J connectivity index is 2.30. The zero-order valence-electron chi connectivity index (χ0n) is 8.16. The summed E-state index contributed by atoms with van der Waals surface area (Å²) < 4.78 is 6.34. The molecule has 0 spiro atoms. The van der Waals surface area contributed by atoms with Crippen LogP contribution in [0.25, 0.3) is 0 Å². The lowest BCUT2D eigenvalue weighted by molar-refractivity contribution is 0.402.